The molecule has 1 heterocycles. The van der Waals surface area contributed by atoms with E-state index in [0.29, 0.717) is 11.8 Å². The highest BCUT2D eigenvalue weighted by Gasteiger charge is 2.01. The van der Waals surface area contributed by atoms with E-state index in [0.717, 1.165) is 5.69 Å². The van der Waals surface area contributed by atoms with Crippen molar-refractivity contribution in [2.45, 2.75) is 19.9 Å². The molecule has 2 rings (SSSR count). The highest BCUT2D eigenvalue weighted by molar-refractivity contribution is 5.56. The molecule has 0 bridgehead atoms. The Morgan fingerprint density at radius 2 is 1.83 bits per heavy atom. The maximum atomic E-state index is 12.8. The molecule has 0 amide bonds. The Labute approximate surface area is 105 Å². The van der Waals surface area contributed by atoms with Gasteiger partial charge in [-0.15, -0.1) is 0 Å². The SMILES string of the molecule is CC(C)Nc1nccc(Nc2ccc(F)cc2)n1. The van der Waals surface area contributed by atoms with Crippen molar-refractivity contribution in [1.82, 2.24) is 9.97 Å². The van der Waals surface area contributed by atoms with Gasteiger partial charge in [0.1, 0.15) is 11.6 Å². The smallest absolute Gasteiger partial charge is 0.224 e. The van der Waals surface area contributed by atoms with Gasteiger partial charge in [0, 0.05) is 17.9 Å². The molecule has 1 aromatic carbocycles. The first kappa shape index (κ1) is 12.3. The Kier molecular flexibility index (Phi) is 3.72. The first-order valence-electron chi connectivity index (χ1n) is 5.75. The summed E-state index contributed by atoms with van der Waals surface area (Å²) in [5.41, 5.74) is 0.783. The van der Waals surface area contributed by atoms with Gasteiger partial charge in [0.25, 0.3) is 0 Å². The molecule has 2 N–H and O–H groups in total. The Balaban J connectivity index is 2.11. The zero-order valence-corrected chi connectivity index (χ0v) is 10.3. The van der Waals surface area contributed by atoms with Crippen LogP contribution in [0.1, 0.15) is 13.8 Å². The molecule has 1 aromatic heterocycles. The zero-order valence-electron chi connectivity index (χ0n) is 10.3. The van der Waals surface area contributed by atoms with E-state index in [-0.39, 0.29) is 11.9 Å². The Morgan fingerprint density at radius 1 is 1.11 bits per heavy atom. The van der Waals surface area contributed by atoms with Crippen LogP contribution in [0.25, 0.3) is 0 Å². The average molecular weight is 246 g/mol. The van der Waals surface area contributed by atoms with Crippen molar-refractivity contribution in [3.63, 3.8) is 0 Å². The number of nitrogens with one attached hydrogen (secondary N) is 2. The summed E-state index contributed by atoms with van der Waals surface area (Å²) in [6.45, 7) is 4.03. The number of hydrogen-bond donors (Lipinski definition) is 2. The number of benzene rings is 1. The minimum atomic E-state index is -0.259. The average Bonchev–Trinajstić information content (AvgIpc) is 2.32. The lowest BCUT2D eigenvalue weighted by Crippen LogP contribution is -2.12. The van der Waals surface area contributed by atoms with Crippen LogP contribution in [-0.4, -0.2) is 16.0 Å². The summed E-state index contributed by atoms with van der Waals surface area (Å²) in [7, 11) is 0. The van der Waals surface area contributed by atoms with Gasteiger partial charge in [-0.1, -0.05) is 0 Å². The second kappa shape index (κ2) is 5.44. The van der Waals surface area contributed by atoms with Crippen LogP contribution in [0.5, 0.6) is 0 Å². The van der Waals surface area contributed by atoms with Crippen LogP contribution in [0.2, 0.25) is 0 Å². The third-order valence-electron chi connectivity index (χ3n) is 2.19. The number of aromatic nitrogens is 2. The molecule has 2 aromatic rings. The van der Waals surface area contributed by atoms with Crippen molar-refractivity contribution < 1.29 is 4.39 Å². The predicted octanol–water partition coefficient (Wildman–Crippen LogP) is 3.18. The van der Waals surface area contributed by atoms with E-state index in [1.165, 1.54) is 12.1 Å². The fraction of sp³-hybridized carbons (Fsp3) is 0.231. The van der Waals surface area contributed by atoms with E-state index in [2.05, 4.69) is 20.6 Å². The molecule has 0 atom stereocenters. The molecule has 0 unspecified atom stereocenters. The number of nitrogens with zero attached hydrogens (tertiary/aromatic N) is 2. The van der Waals surface area contributed by atoms with Crippen LogP contribution < -0.4 is 10.6 Å². The van der Waals surface area contributed by atoms with Gasteiger partial charge in [-0.25, -0.2) is 9.37 Å². The minimum absolute atomic E-state index is 0.259. The zero-order chi connectivity index (χ0) is 13.0. The van der Waals surface area contributed by atoms with Crippen LogP contribution in [0.15, 0.2) is 36.5 Å². The predicted molar refractivity (Wildman–Crippen MR) is 70.5 cm³/mol. The van der Waals surface area contributed by atoms with Crippen molar-refractivity contribution in [3.8, 4) is 0 Å². The number of halogens is 1. The van der Waals surface area contributed by atoms with Crippen LogP contribution in [0.3, 0.4) is 0 Å². The summed E-state index contributed by atoms with van der Waals surface area (Å²) >= 11 is 0. The maximum absolute atomic E-state index is 12.8. The molecule has 0 radical (unpaired) electrons. The fourth-order valence-electron chi connectivity index (χ4n) is 1.44. The van der Waals surface area contributed by atoms with Gasteiger partial charge in [-0.05, 0) is 44.2 Å². The summed E-state index contributed by atoms with van der Waals surface area (Å²) in [5, 5.41) is 6.20. The Hall–Kier alpha value is -2.17. The van der Waals surface area contributed by atoms with Gasteiger partial charge in [-0.2, -0.15) is 4.98 Å². The van der Waals surface area contributed by atoms with Crippen LogP contribution in [0, 0.1) is 5.82 Å². The van der Waals surface area contributed by atoms with Gasteiger partial charge in [0.2, 0.25) is 5.95 Å². The first-order valence-corrected chi connectivity index (χ1v) is 5.75. The van der Waals surface area contributed by atoms with Crippen molar-refractivity contribution in [1.29, 1.82) is 0 Å². The minimum Gasteiger partial charge on any atom is -0.352 e. The molecule has 0 saturated carbocycles. The van der Waals surface area contributed by atoms with Crippen molar-refractivity contribution in [2.75, 3.05) is 10.6 Å². The van der Waals surface area contributed by atoms with Crippen LogP contribution >= 0.6 is 0 Å². The Morgan fingerprint density at radius 3 is 2.50 bits per heavy atom. The van der Waals surface area contributed by atoms with Crippen molar-refractivity contribution >= 4 is 17.5 Å². The fourth-order valence-corrected chi connectivity index (χ4v) is 1.44. The number of rotatable bonds is 4. The molecule has 0 spiro atoms. The number of anilines is 3. The van der Waals surface area contributed by atoms with Gasteiger partial charge in [0.05, 0.1) is 0 Å². The summed E-state index contributed by atoms with van der Waals surface area (Å²) in [5.74, 6) is 0.974. The molecule has 0 aliphatic carbocycles. The van der Waals surface area contributed by atoms with E-state index in [9.17, 15) is 4.39 Å². The molecular weight excluding hydrogens is 231 g/mol. The first-order chi connectivity index (χ1) is 8.63. The summed E-state index contributed by atoms with van der Waals surface area (Å²) in [4.78, 5) is 8.42. The molecule has 0 aliphatic rings. The third-order valence-corrected chi connectivity index (χ3v) is 2.19. The second-order valence-electron chi connectivity index (χ2n) is 4.20. The lowest BCUT2D eigenvalue weighted by Gasteiger charge is -2.10. The topological polar surface area (TPSA) is 49.8 Å². The molecule has 5 heteroatoms. The summed E-state index contributed by atoms with van der Waals surface area (Å²) < 4.78 is 12.8. The molecular formula is C13H15FN4. The molecule has 0 fully saturated rings. The lowest BCUT2D eigenvalue weighted by atomic mass is 10.3. The largest absolute Gasteiger partial charge is 0.352 e. The monoisotopic (exact) mass is 246 g/mol. The molecule has 18 heavy (non-hydrogen) atoms. The highest BCUT2D eigenvalue weighted by atomic mass is 19.1. The lowest BCUT2D eigenvalue weighted by molar-refractivity contribution is 0.628. The highest BCUT2D eigenvalue weighted by Crippen LogP contribution is 2.15. The van der Waals surface area contributed by atoms with Gasteiger partial charge in [-0.3, -0.25) is 0 Å². The van der Waals surface area contributed by atoms with E-state index in [1.54, 1.807) is 24.4 Å². The molecule has 94 valence electrons. The normalized spacial score (nSPS) is 10.4. The van der Waals surface area contributed by atoms with Gasteiger partial charge < -0.3 is 10.6 Å². The van der Waals surface area contributed by atoms with Crippen LogP contribution in [0.4, 0.5) is 21.8 Å². The Bertz CT molecular complexity index is 511. The molecule has 0 saturated heterocycles. The van der Waals surface area contributed by atoms with Crippen molar-refractivity contribution in [2.24, 2.45) is 0 Å². The van der Waals surface area contributed by atoms with E-state index in [1.807, 2.05) is 13.8 Å². The number of hydrogen-bond acceptors (Lipinski definition) is 4. The third kappa shape index (κ3) is 3.41. The van der Waals surface area contributed by atoms with Crippen LogP contribution in [-0.2, 0) is 0 Å². The van der Waals surface area contributed by atoms with E-state index >= 15 is 0 Å². The van der Waals surface area contributed by atoms with Gasteiger partial charge in [0.15, 0.2) is 0 Å². The van der Waals surface area contributed by atoms with E-state index < -0.39 is 0 Å². The summed E-state index contributed by atoms with van der Waals surface area (Å²) in [6.07, 6.45) is 1.67. The quantitative estimate of drug-likeness (QED) is 0.870. The maximum Gasteiger partial charge on any atom is 0.224 e. The molecule has 0 aliphatic heterocycles. The van der Waals surface area contributed by atoms with Gasteiger partial charge >= 0.3 is 0 Å². The van der Waals surface area contributed by atoms with Crippen molar-refractivity contribution in [3.05, 3.63) is 42.3 Å². The second-order valence-corrected chi connectivity index (χ2v) is 4.20. The standard InChI is InChI=1S/C13H15FN4/c1-9(2)16-13-15-8-7-12(18-13)17-11-5-3-10(14)4-6-11/h3-9H,1-2H3,(H2,15,16,17,18). The molecule has 4 nitrogen and oxygen atoms in total. The summed E-state index contributed by atoms with van der Waals surface area (Å²) in [6, 6.07) is 8.15. The van der Waals surface area contributed by atoms with E-state index in [4.69, 9.17) is 0 Å².